The fourth-order valence-electron chi connectivity index (χ4n) is 6.69. The first-order chi connectivity index (χ1) is 23.2. The summed E-state index contributed by atoms with van der Waals surface area (Å²) in [6.07, 6.45) is 0. The van der Waals surface area contributed by atoms with Gasteiger partial charge in [-0.05, 0) is 133 Å². The molecule has 234 valence electrons. The molecule has 0 saturated carbocycles. The summed E-state index contributed by atoms with van der Waals surface area (Å²) >= 11 is 0. The van der Waals surface area contributed by atoms with E-state index >= 15 is 0 Å². The van der Waals surface area contributed by atoms with E-state index in [-0.39, 0.29) is 0 Å². The molecule has 0 N–H and O–H groups in total. The van der Waals surface area contributed by atoms with Gasteiger partial charge in [0.05, 0.1) is 11.4 Å². The molecule has 0 fully saturated rings. The number of hydrogen-bond acceptors (Lipinski definition) is 1. The van der Waals surface area contributed by atoms with Gasteiger partial charge in [-0.1, -0.05) is 126 Å². The van der Waals surface area contributed by atoms with E-state index < -0.39 is 0 Å². The maximum absolute atomic E-state index is 5.36. The summed E-state index contributed by atoms with van der Waals surface area (Å²) in [5.74, 6) is 0. The average molecular weight is 620 g/mol. The summed E-state index contributed by atoms with van der Waals surface area (Å²) in [5, 5.41) is 0. The number of nitrogens with zero attached hydrogens (tertiary/aromatic N) is 1. The van der Waals surface area contributed by atoms with Crippen molar-refractivity contribution in [3.63, 3.8) is 0 Å². The van der Waals surface area contributed by atoms with E-state index in [0.717, 1.165) is 28.1 Å². The van der Waals surface area contributed by atoms with Crippen LogP contribution in [0.15, 0.2) is 140 Å². The van der Waals surface area contributed by atoms with Gasteiger partial charge in [-0.3, -0.25) is 0 Å². The number of aromatic nitrogens is 1. The van der Waals surface area contributed by atoms with Gasteiger partial charge < -0.3 is 0 Å². The molecule has 7 rings (SSSR count). The molecule has 7 aromatic rings. The van der Waals surface area contributed by atoms with Crippen LogP contribution >= 0.6 is 0 Å². The smallest absolute Gasteiger partial charge is 0.0715 e. The van der Waals surface area contributed by atoms with E-state index in [9.17, 15) is 0 Å². The lowest BCUT2D eigenvalue weighted by atomic mass is 9.93. The summed E-state index contributed by atoms with van der Waals surface area (Å²) in [6, 6.07) is 51.1. The third kappa shape index (κ3) is 6.37. The molecule has 0 saturated heterocycles. The minimum absolute atomic E-state index is 0.962. The Morgan fingerprint density at radius 3 is 1.02 bits per heavy atom. The molecular formula is C47H41N. The Kier molecular flexibility index (Phi) is 8.38. The van der Waals surface area contributed by atoms with E-state index in [4.69, 9.17) is 4.98 Å². The van der Waals surface area contributed by atoms with Gasteiger partial charge in [0.2, 0.25) is 0 Å². The third-order valence-corrected chi connectivity index (χ3v) is 9.45. The van der Waals surface area contributed by atoms with Crippen LogP contribution in [-0.4, -0.2) is 4.98 Å². The number of benzene rings is 6. The van der Waals surface area contributed by atoms with Crippen LogP contribution in [0, 0.1) is 41.5 Å². The molecule has 0 spiro atoms. The second-order valence-electron chi connectivity index (χ2n) is 13.3. The molecule has 0 aliphatic heterocycles. The number of aryl methyl sites for hydroxylation is 6. The van der Waals surface area contributed by atoms with Crippen LogP contribution < -0.4 is 0 Å². The van der Waals surface area contributed by atoms with Crippen molar-refractivity contribution in [2.24, 2.45) is 0 Å². The van der Waals surface area contributed by atoms with E-state index in [1.165, 1.54) is 72.3 Å². The highest BCUT2D eigenvalue weighted by molar-refractivity contribution is 5.83. The van der Waals surface area contributed by atoms with Gasteiger partial charge in [0.15, 0.2) is 0 Å². The van der Waals surface area contributed by atoms with Gasteiger partial charge in [0.1, 0.15) is 0 Å². The fourth-order valence-corrected chi connectivity index (χ4v) is 6.69. The van der Waals surface area contributed by atoms with Crippen molar-refractivity contribution in [2.75, 3.05) is 0 Å². The molecule has 1 nitrogen and oxygen atoms in total. The summed E-state index contributed by atoms with van der Waals surface area (Å²) in [5.41, 5.74) is 21.5. The first-order valence-electron chi connectivity index (χ1n) is 16.8. The molecule has 1 aromatic heterocycles. The van der Waals surface area contributed by atoms with Crippen molar-refractivity contribution < 1.29 is 0 Å². The van der Waals surface area contributed by atoms with Crippen molar-refractivity contribution in [3.8, 4) is 67.0 Å². The Morgan fingerprint density at radius 2 is 0.625 bits per heavy atom. The molecule has 0 radical (unpaired) electrons. The predicted octanol–water partition coefficient (Wildman–Crippen LogP) is 12.9. The molecule has 0 aliphatic carbocycles. The van der Waals surface area contributed by atoms with Crippen molar-refractivity contribution in [1.29, 1.82) is 0 Å². The maximum Gasteiger partial charge on any atom is 0.0715 e. The highest BCUT2D eigenvalue weighted by atomic mass is 14.7. The second-order valence-corrected chi connectivity index (χ2v) is 13.3. The number of pyridine rings is 1. The zero-order valence-electron chi connectivity index (χ0n) is 28.7. The molecule has 0 atom stereocenters. The van der Waals surface area contributed by atoms with Gasteiger partial charge in [-0.2, -0.15) is 0 Å². The Hall–Kier alpha value is -5.53. The molecule has 1 heterocycles. The highest BCUT2D eigenvalue weighted by Crippen LogP contribution is 2.36. The average Bonchev–Trinajstić information content (AvgIpc) is 3.11. The van der Waals surface area contributed by atoms with E-state index in [0.29, 0.717) is 0 Å². The SMILES string of the molecule is Cc1ccc(C)c(-c2cccc(-c3cc(-c4cccc(-c5cc(C)ccc5C)c4)nc(-c4cccc(-c5cc(C)ccc5C)c4)c3)c2)c1. The van der Waals surface area contributed by atoms with Crippen LogP contribution in [0.4, 0.5) is 0 Å². The van der Waals surface area contributed by atoms with Crippen LogP contribution in [0.2, 0.25) is 0 Å². The molecule has 1 heteroatoms. The van der Waals surface area contributed by atoms with Crippen molar-refractivity contribution in [2.45, 2.75) is 41.5 Å². The van der Waals surface area contributed by atoms with E-state index in [2.05, 4.69) is 181 Å². The largest absolute Gasteiger partial charge is 0.248 e. The Bertz CT molecular complexity index is 2030. The third-order valence-electron chi connectivity index (χ3n) is 9.45. The van der Waals surface area contributed by atoms with Gasteiger partial charge in [0.25, 0.3) is 0 Å². The summed E-state index contributed by atoms with van der Waals surface area (Å²) in [4.78, 5) is 5.36. The van der Waals surface area contributed by atoms with E-state index in [1.807, 2.05) is 0 Å². The monoisotopic (exact) mass is 619 g/mol. The van der Waals surface area contributed by atoms with E-state index in [1.54, 1.807) is 0 Å². The zero-order chi connectivity index (χ0) is 33.4. The van der Waals surface area contributed by atoms with Gasteiger partial charge in [0, 0.05) is 11.1 Å². The highest BCUT2D eigenvalue weighted by Gasteiger charge is 2.13. The minimum Gasteiger partial charge on any atom is -0.248 e. The lowest BCUT2D eigenvalue weighted by Crippen LogP contribution is -1.93. The maximum atomic E-state index is 5.36. The summed E-state index contributed by atoms with van der Waals surface area (Å²) in [7, 11) is 0. The molecule has 0 bridgehead atoms. The first-order valence-corrected chi connectivity index (χ1v) is 16.8. The Labute approximate surface area is 285 Å². The van der Waals surface area contributed by atoms with Gasteiger partial charge in [-0.15, -0.1) is 0 Å². The van der Waals surface area contributed by atoms with Crippen molar-refractivity contribution in [3.05, 3.63) is 173 Å². The van der Waals surface area contributed by atoms with Gasteiger partial charge >= 0.3 is 0 Å². The fraction of sp³-hybridized carbons (Fsp3) is 0.128. The molecule has 48 heavy (non-hydrogen) atoms. The van der Waals surface area contributed by atoms with Crippen molar-refractivity contribution in [1.82, 2.24) is 4.98 Å². The quantitative estimate of drug-likeness (QED) is 0.180. The lowest BCUT2D eigenvalue weighted by molar-refractivity contribution is 1.32. The van der Waals surface area contributed by atoms with Crippen molar-refractivity contribution >= 4 is 0 Å². The second kappa shape index (κ2) is 12.9. The normalized spacial score (nSPS) is 11.1. The van der Waals surface area contributed by atoms with Crippen LogP contribution in [0.3, 0.4) is 0 Å². The standard InChI is InChI=1S/C47H41N/c1-30-16-19-33(4)43(22-30)37-11-7-10-36(25-37)42-28-46(40-14-8-12-38(26-40)44-23-31(2)17-20-34(44)5)48-47(29-42)41-15-9-13-39(27-41)45-24-32(3)18-21-35(45)6/h7-29H,1-6H3. The molecule has 6 aromatic carbocycles. The predicted molar refractivity (Wildman–Crippen MR) is 205 cm³/mol. The molecule has 0 unspecified atom stereocenters. The van der Waals surface area contributed by atoms with Crippen LogP contribution in [0.5, 0.6) is 0 Å². The molecular weight excluding hydrogens is 579 g/mol. The topological polar surface area (TPSA) is 12.9 Å². The van der Waals surface area contributed by atoms with Crippen LogP contribution in [0.25, 0.3) is 67.0 Å². The molecule has 0 amide bonds. The summed E-state index contributed by atoms with van der Waals surface area (Å²) < 4.78 is 0. The molecule has 0 aliphatic rings. The first kappa shape index (κ1) is 31.1. The van der Waals surface area contributed by atoms with Gasteiger partial charge in [-0.25, -0.2) is 4.98 Å². The van der Waals surface area contributed by atoms with Crippen LogP contribution in [0.1, 0.15) is 33.4 Å². The Balaban J connectivity index is 1.40. The zero-order valence-corrected chi connectivity index (χ0v) is 28.7. The lowest BCUT2D eigenvalue weighted by Gasteiger charge is -2.14. The summed E-state index contributed by atoms with van der Waals surface area (Å²) in [6.45, 7) is 13.0. The Morgan fingerprint density at radius 1 is 0.292 bits per heavy atom. The van der Waals surface area contributed by atoms with Crippen LogP contribution in [-0.2, 0) is 0 Å². The minimum atomic E-state index is 0.962. The number of rotatable bonds is 6. The number of hydrogen-bond donors (Lipinski definition) is 0.